The van der Waals surface area contributed by atoms with Crippen LogP contribution in [0.1, 0.15) is 17.2 Å². The van der Waals surface area contributed by atoms with E-state index in [0.29, 0.717) is 11.6 Å². The van der Waals surface area contributed by atoms with E-state index in [1.807, 2.05) is 0 Å². The standard InChI is InChI=1S/C14H12F2O3S/c1-20(18,19)11-5-2-9(3-6-11)14(17)12-7-4-10(15)8-13(12)16/h2-8,14,17H,1H3. The lowest BCUT2D eigenvalue weighted by Gasteiger charge is -2.13. The summed E-state index contributed by atoms with van der Waals surface area (Å²) in [7, 11) is -3.33. The molecule has 2 rings (SSSR count). The van der Waals surface area contributed by atoms with E-state index in [9.17, 15) is 22.3 Å². The monoisotopic (exact) mass is 298 g/mol. The van der Waals surface area contributed by atoms with E-state index in [4.69, 9.17) is 0 Å². The third-order valence-corrected chi connectivity index (χ3v) is 4.01. The highest BCUT2D eigenvalue weighted by molar-refractivity contribution is 7.90. The zero-order valence-corrected chi connectivity index (χ0v) is 11.4. The van der Waals surface area contributed by atoms with Gasteiger partial charge in [0.05, 0.1) is 4.90 Å². The van der Waals surface area contributed by atoms with Gasteiger partial charge in [0, 0.05) is 17.9 Å². The number of aliphatic hydroxyl groups is 1. The van der Waals surface area contributed by atoms with Crippen molar-refractivity contribution in [2.24, 2.45) is 0 Å². The second-order valence-corrected chi connectivity index (χ2v) is 6.43. The topological polar surface area (TPSA) is 54.4 Å². The van der Waals surface area contributed by atoms with Gasteiger partial charge in [-0.2, -0.15) is 0 Å². The lowest BCUT2D eigenvalue weighted by molar-refractivity contribution is 0.214. The summed E-state index contributed by atoms with van der Waals surface area (Å²) in [6.45, 7) is 0. The van der Waals surface area contributed by atoms with Crippen LogP contribution in [0.3, 0.4) is 0 Å². The molecule has 0 aliphatic carbocycles. The SMILES string of the molecule is CS(=O)(=O)c1ccc(C(O)c2ccc(F)cc2F)cc1. The summed E-state index contributed by atoms with van der Waals surface area (Å²) in [6.07, 6.45) is -0.220. The normalized spacial score (nSPS) is 13.2. The molecule has 0 fully saturated rings. The fourth-order valence-corrected chi connectivity index (χ4v) is 2.43. The predicted octanol–water partition coefficient (Wildman–Crippen LogP) is 2.45. The van der Waals surface area contributed by atoms with Crippen LogP contribution in [0.5, 0.6) is 0 Å². The average Bonchev–Trinajstić information content (AvgIpc) is 2.37. The van der Waals surface area contributed by atoms with Crippen molar-refractivity contribution in [2.45, 2.75) is 11.0 Å². The van der Waals surface area contributed by atoms with Gasteiger partial charge in [0.15, 0.2) is 9.84 Å². The molecule has 0 amide bonds. The second-order valence-electron chi connectivity index (χ2n) is 4.41. The third-order valence-electron chi connectivity index (χ3n) is 2.88. The van der Waals surface area contributed by atoms with Gasteiger partial charge in [-0.05, 0) is 23.8 Å². The van der Waals surface area contributed by atoms with Crippen LogP contribution < -0.4 is 0 Å². The fourth-order valence-electron chi connectivity index (χ4n) is 1.80. The fraction of sp³-hybridized carbons (Fsp3) is 0.143. The van der Waals surface area contributed by atoms with Gasteiger partial charge in [-0.1, -0.05) is 18.2 Å². The first-order valence-electron chi connectivity index (χ1n) is 5.72. The Morgan fingerprint density at radius 2 is 1.65 bits per heavy atom. The van der Waals surface area contributed by atoms with Gasteiger partial charge < -0.3 is 5.11 Å². The van der Waals surface area contributed by atoms with Crippen LogP contribution in [0.2, 0.25) is 0 Å². The summed E-state index contributed by atoms with van der Waals surface area (Å²) in [5.41, 5.74) is 0.251. The highest BCUT2D eigenvalue weighted by atomic mass is 32.2. The van der Waals surface area contributed by atoms with E-state index in [0.717, 1.165) is 18.4 Å². The molecule has 0 spiro atoms. The molecule has 106 valence electrons. The van der Waals surface area contributed by atoms with Crippen molar-refractivity contribution in [3.8, 4) is 0 Å². The van der Waals surface area contributed by atoms with Crippen molar-refractivity contribution >= 4 is 9.84 Å². The molecule has 0 aliphatic heterocycles. The number of rotatable bonds is 3. The third kappa shape index (κ3) is 3.02. The lowest BCUT2D eigenvalue weighted by Crippen LogP contribution is -2.04. The molecule has 1 N–H and O–H groups in total. The maximum Gasteiger partial charge on any atom is 0.175 e. The van der Waals surface area contributed by atoms with Crippen LogP contribution in [0.15, 0.2) is 47.4 Å². The quantitative estimate of drug-likeness (QED) is 0.947. The Morgan fingerprint density at radius 1 is 1.05 bits per heavy atom. The van der Waals surface area contributed by atoms with Crippen LogP contribution in [-0.2, 0) is 9.84 Å². The zero-order valence-electron chi connectivity index (χ0n) is 10.5. The smallest absolute Gasteiger partial charge is 0.175 e. The Morgan fingerprint density at radius 3 is 2.15 bits per heavy atom. The Bertz CT molecular complexity index is 725. The van der Waals surface area contributed by atoms with Gasteiger partial charge >= 0.3 is 0 Å². The molecule has 1 unspecified atom stereocenters. The summed E-state index contributed by atoms with van der Waals surface area (Å²) in [5.74, 6) is -1.59. The number of hydrogen-bond acceptors (Lipinski definition) is 3. The van der Waals surface area contributed by atoms with Crippen molar-refractivity contribution in [2.75, 3.05) is 6.26 Å². The molecule has 0 radical (unpaired) electrons. The molecule has 0 heterocycles. The van der Waals surface area contributed by atoms with Crippen molar-refractivity contribution in [1.82, 2.24) is 0 Å². The van der Waals surface area contributed by atoms with Crippen LogP contribution in [0.25, 0.3) is 0 Å². The molecular formula is C14H12F2O3S. The number of hydrogen-bond donors (Lipinski definition) is 1. The minimum Gasteiger partial charge on any atom is -0.384 e. The average molecular weight is 298 g/mol. The minimum atomic E-state index is -3.33. The largest absolute Gasteiger partial charge is 0.384 e. The van der Waals surface area contributed by atoms with Crippen LogP contribution in [0, 0.1) is 11.6 Å². The molecule has 2 aromatic carbocycles. The predicted molar refractivity (Wildman–Crippen MR) is 70.0 cm³/mol. The summed E-state index contributed by atoms with van der Waals surface area (Å²) in [6, 6.07) is 8.33. The first kappa shape index (κ1) is 14.6. The van der Waals surface area contributed by atoms with Crippen molar-refractivity contribution in [3.63, 3.8) is 0 Å². The molecule has 6 heteroatoms. The summed E-state index contributed by atoms with van der Waals surface area (Å²) in [5, 5.41) is 10.0. The van der Waals surface area contributed by atoms with E-state index >= 15 is 0 Å². The molecule has 0 aliphatic rings. The highest BCUT2D eigenvalue weighted by Gasteiger charge is 2.16. The van der Waals surface area contributed by atoms with Crippen molar-refractivity contribution in [3.05, 3.63) is 65.2 Å². The summed E-state index contributed by atoms with van der Waals surface area (Å²) < 4.78 is 49.0. The van der Waals surface area contributed by atoms with Gasteiger partial charge in [-0.3, -0.25) is 0 Å². The molecule has 0 saturated carbocycles. The molecule has 20 heavy (non-hydrogen) atoms. The van der Waals surface area contributed by atoms with E-state index < -0.39 is 27.6 Å². The van der Waals surface area contributed by atoms with Crippen molar-refractivity contribution < 1.29 is 22.3 Å². The number of benzene rings is 2. The lowest BCUT2D eigenvalue weighted by atomic mass is 10.0. The summed E-state index contributed by atoms with van der Waals surface area (Å²) in [4.78, 5) is 0.105. The maximum absolute atomic E-state index is 13.6. The molecule has 0 bridgehead atoms. The number of aliphatic hydroxyl groups excluding tert-OH is 1. The van der Waals surface area contributed by atoms with Gasteiger partial charge in [0.1, 0.15) is 17.7 Å². The maximum atomic E-state index is 13.6. The van der Waals surface area contributed by atoms with E-state index in [2.05, 4.69) is 0 Å². The Balaban J connectivity index is 2.36. The van der Waals surface area contributed by atoms with Gasteiger partial charge in [-0.25, -0.2) is 17.2 Å². The highest BCUT2D eigenvalue weighted by Crippen LogP contribution is 2.25. The molecular weight excluding hydrogens is 286 g/mol. The Hall–Kier alpha value is -1.79. The molecule has 1 atom stereocenters. The van der Waals surface area contributed by atoms with Crippen LogP contribution >= 0.6 is 0 Å². The van der Waals surface area contributed by atoms with Gasteiger partial charge in [0.2, 0.25) is 0 Å². The van der Waals surface area contributed by atoms with Gasteiger partial charge in [-0.15, -0.1) is 0 Å². The molecule has 0 aromatic heterocycles. The van der Waals surface area contributed by atoms with E-state index in [1.54, 1.807) is 0 Å². The Kier molecular flexibility index (Phi) is 3.87. The van der Waals surface area contributed by atoms with E-state index in [-0.39, 0.29) is 10.5 Å². The molecule has 0 saturated heterocycles. The van der Waals surface area contributed by atoms with Gasteiger partial charge in [0.25, 0.3) is 0 Å². The van der Waals surface area contributed by atoms with Crippen LogP contribution in [0.4, 0.5) is 8.78 Å². The van der Waals surface area contributed by atoms with Crippen molar-refractivity contribution in [1.29, 1.82) is 0 Å². The zero-order chi connectivity index (χ0) is 14.9. The van der Waals surface area contributed by atoms with E-state index in [1.165, 1.54) is 24.3 Å². The number of halogens is 2. The Labute approximate surface area is 115 Å². The second kappa shape index (κ2) is 5.30. The van der Waals surface area contributed by atoms with Crippen LogP contribution in [-0.4, -0.2) is 19.8 Å². The first-order valence-corrected chi connectivity index (χ1v) is 7.61. The first-order chi connectivity index (χ1) is 9.29. The number of sulfone groups is 1. The summed E-state index contributed by atoms with van der Waals surface area (Å²) >= 11 is 0. The molecule has 2 aromatic rings. The minimum absolute atomic E-state index is 0.0708. The molecule has 3 nitrogen and oxygen atoms in total.